The van der Waals surface area contributed by atoms with Gasteiger partial charge in [0.25, 0.3) is 0 Å². The van der Waals surface area contributed by atoms with Gasteiger partial charge in [-0.2, -0.15) is 0 Å². The molecule has 19 heavy (non-hydrogen) atoms. The number of aromatic hydroxyl groups is 1. The van der Waals surface area contributed by atoms with Crippen LogP contribution in [0.4, 0.5) is 4.39 Å². The van der Waals surface area contributed by atoms with E-state index < -0.39 is 5.82 Å². The maximum atomic E-state index is 13.1. The second-order valence-corrected chi connectivity index (χ2v) is 5.14. The van der Waals surface area contributed by atoms with Crippen LogP contribution in [0.3, 0.4) is 0 Å². The van der Waals surface area contributed by atoms with Crippen molar-refractivity contribution < 1.29 is 14.3 Å². The summed E-state index contributed by atoms with van der Waals surface area (Å²) in [7, 11) is 1.75. The van der Waals surface area contributed by atoms with E-state index in [-0.39, 0.29) is 18.2 Å². The van der Waals surface area contributed by atoms with E-state index >= 15 is 0 Å². The molecule has 0 fully saturated rings. The zero-order valence-corrected chi connectivity index (χ0v) is 11.6. The third kappa shape index (κ3) is 5.70. The number of amides is 1. The van der Waals surface area contributed by atoms with Crippen molar-refractivity contribution in [3.05, 3.63) is 29.6 Å². The van der Waals surface area contributed by atoms with E-state index in [9.17, 15) is 14.3 Å². The summed E-state index contributed by atoms with van der Waals surface area (Å²) in [4.78, 5) is 13.3. The number of benzene rings is 1. The van der Waals surface area contributed by atoms with Crippen molar-refractivity contribution in [1.82, 2.24) is 10.2 Å². The number of phenols is 1. The van der Waals surface area contributed by atoms with Gasteiger partial charge in [0.05, 0.1) is 6.54 Å². The molecule has 0 aromatic heterocycles. The van der Waals surface area contributed by atoms with E-state index in [4.69, 9.17) is 0 Å². The van der Waals surface area contributed by atoms with Crippen LogP contribution in [0.25, 0.3) is 0 Å². The van der Waals surface area contributed by atoms with Crippen LogP contribution in [0.5, 0.6) is 5.75 Å². The van der Waals surface area contributed by atoms with Crippen LogP contribution in [0.2, 0.25) is 0 Å². The molecule has 1 aromatic rings. The molecule has 2 N–H and O–H groups in total. The molecule has 0 atom stereocenters. The molecule has 0 aliphatic rings. The molecular weight excluding hydrogens is 247 g/mol. The fourth-order valence-corrected chi connectivity index (χ4v) is 1.65. The van der Waals surface area contributed by atoms with Crippen LogP contribution in [-0.2, 0) is 11.3 Å². The molecule has 0 spiro atoms. The SMILES string of the molecule is CC(C)CNC(=O)CN(C)Cc1cc(F)ccc1O. The molecule has 1 amide bonds. The van der Waals surface area contributed by atoms with E-state index in [1.54, 1.807) is 11.9 Å². The molecule has 4 nitrogen and oxygen atoms in total. The van der Waals surface area contributed by atoms with E-state index in [2.05, 4.69) is 5.32 Å². The first-order chi connectivity index (χ1) is 8.88. The monoisotopic (exact) mass is 268 g/mol. The molecule has 1 aromatic carbocycles. The Bertz CT molecular complexity index is 435. The third-order valence-electron chi connectivity index (χ3n) is 2.60. The predicted octanol–water partition coefficient (Wildman–Crippen LogP) is 1.74. The predicted molar refractivity (Wildman–Crippen MR) is 72.2 cm³/mol. The highest BCUT2D eigenvalue weighted by Gasteiger charge is 2.10. The second kappa shape index (κ2) is 7.09. The Kier molecular flexibility index (Phi) is 5.76. The highest BCUT2D eigenvalue weighted by molar-refractivity contribution is 5.77. The van der Waals surface area contributed by atoms with Gasteiger partial charge >= 0.3 is 0 Å². The van der Waals surface area contributed by atoms with Crippen molar-refractivity contribution >= 4 is 5.91 Å². The van der Waals surface area contributed by atoms with E-state index in [1.807, 2.05) is 13.8 Å². The lowest BCUT2D eigenvalue weighted by atomic mass is 10.2. The number of hydrogen-bond acceptors (Lipinski definition) is 3. The largest absolute Gasteiger partial charge is 0.508 e. The molecule has 106 valence electrons. The van der Waals surface area contributed by atoms with E-state index in [1.165, 1.54) is 18.2 Å². The van der Waals surface area contributed by atoms with Crippen molar-refractivity contribution in [2.45, 2.75) is 20.4 Å². The minimum Gasteiger partial charge on any atom is -0.508 e. The number of phenolic OH excluding ortho intramolecular Hbond substituents is 1. The first-order valence-corrected chi connectivity index (χ1v) is 6.31. The van der Waals surface area contributed by atoms with Crippen molar-refractivity contribution in [2.24, 2.45) is 5.92 Å². The Hall–Kier alpha value is -1.62. The molecule has 0 saturated carbocycles. The minimum absolute atomic E-state index is 0.0378. The van der Waals surface area contributed by atoms with E-state index in [0.717, 1.165) is 0 Å². The molecule has 0 radical (unpaired) electrons. The summed E-state index contributed by atoms with van der Waals surface area (Å²) >= 11 is 0. The van der Waals surface area contributed by atoms with Gasteiger partial charge in [0.1, 0.15) is 11.6 Å². The summed E-state index contributed by atoms with van der Waals surface area (Å²) in [6, 6.07) is 3.80. The molecular formula is C14H21FN2O2. The molecule has 0 aliphatic carbocycles. The highest BCUT2D eigenvalue weighted by Crippen LogP contribution is 2.19. The molecule has 0 saturated heterocycles. The number of nitrogens with zero attached hydrogens (tertiary/aromatic N) is 1. The number of rotatable bonds is 6. The first-order valence-electron chi connectivity index (χ1n) is 6.31. The summed E-state index contributed by atoms with van der Waals surface area (Å²) in [5, 5.41) is 12.4. The summed E-state index contributed by atoms with van der Waals surface area (Å²) < 4.78 is 13.1. The normalized spacial score (nSPS) is 11.1. The van der Waals surface area contributed by atoms with E-state index in [0.29, 0.717) is 24.6 Å². The fourth-order valence-electron chi connectivity index (χ4n) is 1.65. The molecule has 1 rings (SSSR count). The average Bonchev–Trinajstić information content (AvgIpc) is 2.31. The van der Waals surface area contributed by atoms with Crippen LogP contribution in [0.1, 0.15) is 19.4 Å². The molecule has 0 unspecified atom stereocenters. The van der Waals surface area contributed by atoms with Gasteiger partial charge in [-0.1, -0.05) is 13.8 Å². The Morgan fingerprint density at radius 1 is 1.47 bits per heavy atom. The Morgan fingerprint density at radius 2 is 2.16 bits per heavy atom. The zero-order valence-electron chi connectivity index (χ0n) is 11.6. The smallest absolute Gasteiger partial charge is 0.234 e. The summed E-state index contributed by atoms with van der Waals surface area (Å²) in [5.41, 5.74) is 0.471. The number of halogens is 1. The van der Waals surface area contributed by atoms with Crippen LogP contribution in [-0.4, -0.2) is 36.1 Å². The lowest BCUT2D eigenvalue weighted by Gasteiger charge is -2.17. The summed E-state index contributed by atoms with van der Waals surface area (Å²) in [6.07, 6.45) is 0. The van der Waals surface area contributed by atoms with Crippen LogP contribution in [0, 0.1) is 11.7 Å². The molecule has 0 heterocycles. The van der Waals surface area contributed by atoms with Gasteiger partial charge in [-0.05, 0) is 31.2 Å². The van der Waals surface area contributed by atoms with Crippen molar-refractivity contribution in [3.8, 4) is 5.75 Å². The maximum Gasteiger partial charge on any atom is 0.234 e. The number of hydrogen-bond donors (Lipinski definition) is 2. The standard InChI is InChI=1S/C14H21FN2O2/c1-10(2)7-16-14(19)9-17(3)8-11-6-12(15)4-5-13(11)18/h4-6,10,18H,7-9H2,1-3H3,(H,16,19). The highest BCUT2D eigenvalue weighted by atomic mass is 19.1. The number of carbonyl (C=O) groups excluding carboxylic acids is 1. The quantitative estimate of drug-likeness (QED) is 0.826. The number of likely N-dealkylation sites (N-methyl/N-ethyl adjacent to an activating group) is 1. The van der Waals surface area contributed by atoms with Gasteiger partial charge in [-0.25, -0.2) is 4.39 Å². The van der Waals surface area contributed by atoms with Gasteiger partial charge in [0.15, 0.2) is 0 Å². The van der Waals surface area contributed by atoms with Crippen LogP contribution >= 0.6 is 0 Å². The van der Waals surface area contributed by atoms with Crippen LogP contribution < -0.4 is 5.32 Å². The minimum atomic E-state index is -0.398. The average molecular weight is 268 g/mol. The number of nitrogens with one attached hydrogen (secondary N) is 1. The van der Waals surface area contributed by atoms with Gasteiger partial charge in [-0.3, -0.25) is 9.69 Å². The van der Waals surface area contributed by atoms with Gasteiger partial charge in [0.2, 0.25) is 5.91 Å². The number of carbonyl (C=O) groups is 1. The Balaban J connectivity index is 2.48. The van der Waals surface area contributed by atoms with Crippen molar-refractivity contribution in [3.63, 3.8) is 0 Å². The van der Waals surface area contributed by atoms with Crippen LogP contribution in [0.15, 0.2) is 18.2 Å². The Morgan fingerprint density at radius 3 is 2.79 bits per heavy atom. The van der Waals surface area contributed by atoms with Gasteiger partial charge < -0.3 is 10.4 Å². The first kappa shape index (κ1) is 15.4. The topological polar surface area (TPSA) is 52.6 Å². The maximum absolute atomic E-state index is 13.1. The van der Waals surface area contributed by atoms with Gasteiger partial charge in [0, 0.05) is 18.7 Å². The molecule has 0 bridgehead atoms. The van der Waals surface area contributed by atoms with Crippen molar-refractivity contribution in [2.75, 3.05) is 20.1 Å². The zero-order chi connectivity index (χ0) is 14.4. The third-order valence-corrected chi connectivity index (χ3v) is 2.60. The molecule has 0 aliphatic heterocycles. The molecule has 5 heteroatoms. The lowest BCUT2D eigenvalue weighted by Crippen LogP contribution is -2.36. The lowest BCUT2D eigenvalue weighted by molar-refractivity contribution is -0.122. The fraction of sp³-hybridized carbons (Fsp3) is 0.500. The summed E-state index contributed by atoms with van der Waals surface area (Å²) in [6.45, 7) is 5.21. The summed E-state index contributed by atoms with van der Waals surface area (Å²) in [5.74, 6) is -0.0325. The Labute approximate surface area is 113 Å². The van der Waals surface area contributed by atoms with Gasteiger partial charge in [-0.15, -0.1) is 0 Å². The second-order valence-electron chi connectivity index (χ2n) is 5.14. The van der Waals surface area contributed by atoms with Crippen molar-refractivity contribution in [1.29, 1.82) is 0 Å².